The molecule has 1 unspecified atom stereocenters. The number of aromatic amines is 1. The lowest BCUT2D eigenvalue weighted by atomic mass is 9.97. The van der Waals surface area contributed by atoms with E-state index in [1.54, 1.807) is 6.20 Å². The third kappa shape index (κ3) is 4.30. The minimum Gasteiger partial charge on any atom is -0.480 e. The van der Waals surface area contributed by atoms with E-state index in [0.29, 0.717) is 5.06 Å². The zero-order valence-electron chi connectivity index (χ0n) is 12.2. The molecule has 122 valence electrons. The van der Waals surface area contributed by atoms with Crippen molar-refractivity contribution in [2.24, 2.45) is 5.92 Å². The van der Waals surface area contributed by atoms with Crippen molar-refractivity contribution in [3.05, 3.63) is 36.0 Å². The third-order valence-corrected chi connectivity index (χ3v) is 3.45. The van der Waals surface area contributed by atoms with E-state index in [-0.39, 0.29) is 19.4 Å². The number of amides is 2. The number of rotatable bonds is 8. The Balaban J connectivity index is 2.17. The summed E-state index contributed by atoms with van der Waals surface area (Å²) < 4.78 is 0. The van der Waals surface area contributed by atoms with Gasteiger partial charge in [-0.15, -0.1) is 0 Å². The Morgan fingerprint density at radius 3 is 2.78 bits per heavy atom. The molecule has 1 heterocycles. The molecular weight excluding hydrogens is 302 g/mol. The van der Waals surface area contributed by atoms with Crippen LogP contribution in [0.2, 0.25) is 0 Å². The van der Waals surface area contributed by atoms with Crippen molar-refractivity contribution >= 4 is 29.2 Å². The second kappa shape index (κ2) is 7.41. The smallest absolute Gasteiger partial charge is 0.322 e. The van der Waals surface area contributed by atoms with Crippen molar-refractivity contribution in [2.75, 3.05) is 13.1 Å². The molecule has 4 N–H and O–H groups in total. The lowest BCUT2D eigenvalue weighted by Gasteiger charge is -2.19. The predicted octanol–water partition coefficient (Wildman–Crippen LogP) is 0.375. The van der Waals surface area contributed by atoms with Crippen LogP contribution in [-0.2, 0) is 20.8 Å². The number of H-pyrrole nitrogens is 1. The van der Waals surface area contributed by atoms with E-state index in [4.69, 9.17) is 5.11 Å². The van der Waals surface area contributed by atoms with Crippen molar-refractivity contribution in [3.8, 4) is 0 Å². The van der Waals surface area contributed by atoms with Crippen LogP contribution in [0.5, 0.6) is 0 Å². The fourth-order valence-electron chi connectivity index (χ4n) is 2.38. The second-order valence-electron chi connectivity index (χ2n) is 5.10. The van der Waals surface area contributed by atoms with Crippen molar-refractivity contribution in [1.82, 2.24) is 15.4 Å². The number of benzene rings is 1. The van der Waals surface area contributed by atoms with Gasteiger partial charge in [-0.1, -0.05) is 18.2 Å². The number of carboxylic acids is 1. The standard InChI is InChI=1S/C15H17N3O5/c19-9-18(23)8-11(15(22)17-7-14(20)21)5-10-6-16-13-4-2-1-3-12(10)13/h1-4,6,9,11,16,23H,5,7-8H2,(H,17,22)(H,20,21). The van der Waals surface area contributed by atoms with E-state index >= 15 is 0 Å². The molecule has 0 aliphatic carbocycles. The first-order valence-corrected chi connectivity index (χ1v) is 6.96. The summed E-state index contributed by atoms with van der Waals surface area (Å²) in [6.07, 6.45) is 2.21. The fraction of sp³-hybridized carbons (Fsp3) is 0.267. The lowest BCUT2D eigenvalue weighted by molar-refractivity contribution is -0.154. The van der Waals surface area contributed by atoms with Crippen LogP contribution in [0, 0.1) is 5.92 Å². The maximum absolute atomic E-state index is 12.1. The molecule has 23 heavy (non-hydrogen) atoms. The third-order valence-electron chi connectivity index (χ3n) is 3.45. The van der Waals surface area contributed by atoms with Gasteiger partial charge in [-0.05, 0) is 18.1 Å². The Morgan fingerprint density at radius 2 is 2.09 bits per heavy atom. The molecule has 0 saturated heterocycles. The number of aliphatic carboxylic acids is 1. The molecule has 8 heteroatoms. The van der Waals surface area contributed by atoms with Crippen LogP contribution < -0.4 is 5.32 Å². The molecule has 2 aromatic rings. The van der Waals surface area contributed by atoms with Gasteiger partial charge >= 0.3 is 5.97 Å². The molecule has 1 aromatic carbocycles. The summed E-state index contributed by atoms with van der Waals surface area (Å²) in [6, 6.07) is 7.52. The number of hydrogen-bond acceptors (Lipinski definition) is 4. The number of carbonyl (C=O) groups excluding carboxylic acids is 2. The van der Waals surface area contributed by atoms with Gasteiger partial charge < -0.3 is 15.4 Å². The number of carboxylic acid groups (broad SMARTS) is 1. The normalized spacial score (nSPS) is 11.9. The highest BCUT2D eigenvalue weighted by Gasteiger charge is 2.23. The van der Waals surface area contributed by atoms with Gasteiger partial charge in [0.1, 0.15) is 6.54 Å². The molecule has 1 atom stereocenters. The summed E-state index contributed by atoms with van der Waals surface area (Å²) in [5, 5.41) is 21.6. The molecule has 0 aliphatic heterocycles. The number of nitrogens with zero attached hydrogens (tertiary/aromatic N) is 1. The van der Waals surface area contributed by atoms with E-state index in [2.05, 4.69) is 10.3 Å². The SMILES string of the molecule is O=CN(O)CC(Cc1c[nH]c2ccccc12)C(=O)NCC(=O)O. The summed E-state index contributed by atoms with van der Waals surface area (Å²) in [5.41, 5.74) is 1.75. The van der Waals surface area contributed by atoms with Crippen molar-refractivity contribution in [3.63, 3.8) is 0 Å². The lowest BCUT2D eigenvalue weighted by Crippen LogP contribution is -2.40. The molecule has 0 bridgehead atoms. The maximum Gasteiger partial charge on any atom is 0.322 e. The van der Waals surface area contributed by atoms with Gasteiger partial charge in [0.25, 0.3) is 0 Å². The van der Waals surface area contributed by atoms with E-state index in [1.807, 2.05) is 24.3 Å². The molecule has 2 amide bonds. The number of carbonyl (C=O) groups is 3. The molecule has 0 saturated carbocycles. The van der Waals surface area contributed by atoms with Gasteiger partial charge in [-0.3, -0.25) is 19.6 Å². The summed E-state index contributed by atoms with van der Waals surface area (Å²) in [4.78, 5) is 36.4. The summed E-state index contributed by atoms with van der Waals surface area (Å²) >= 11 is 0. The summed E-state index contributed by atoms with van der Waals surface area (Å²) in [6.45, 7) is -0.746. The number of aromatic nitrogens is 1. The van der Waals surface area contributed by atoms with Crippen LogP contribution >= 0.6 is 0 Å². The molecule has 0 spiro atoms. The van der Waals surface area contributed by atoms with E-state index in [0.717, 1.165) is 16.5 Å². The van der Waals surface area contributed by atoms with Gasteiger partial charge in [0.05, 0.1) is 12.5 Å². The first kappa shape index (κ1) is 16.5. The van der Waals surface area contributed by atoms with Crippen molar-refractivity contribution in [2.45, 2.75) is 6.42 Å². The van der Waals surface area contributed by atoms with Gasteiger partial charge in [-0.25, -0.2) is 5.06 Å². The molecule has 1 aromatic heterocycles. The van der Waals surface area contributed by atoms with Gasteiger partial charge in [0.15, 0.2) is 0 Å². The Bertz CT molecular complexity index is 712. The second-order valence-corrected chi connectivity index (χ2v) is 5.10. The van der Waals surface area contributed by atoms with E-state index in [1.165, 1.54) is 0 Å². The number of hydroxylamine groups is 2. The molecule has 0 radical (unpaired) electrons. The highest BCUT2D eigenvalue weighted by molar-refractivity contribution is 5.86. The summed E-state index contributed by atoms with van der Waals surface area (Å²) in [5.74, 6) is -2.48. The highest BCUT2D eigenvalue weighted by atomic mass is 16.5. The number of nitrogens with one attached hydrogen (secondary N) is 2. The molecular formula is C15H17N3O5. The largest absolute Gasteiger partial charge is 0.480 e. The molecule has 0 aliphatic rings. The fourth-order valence-corrected chi connectivity index (χ4v) is 2.38. The Labute approximate surface area is 131 Å². The van der Waals surface area contributed by atoms with Gasteiger partial charge in [0, 0.05) is 17.1 Å². The Kier molecular flexibility index (Phi) is 5.32. The van der Waals surface area contributed by atoms with Crippen LogP contribution in [0.3, 0.4) is 0 Å². The molecule has 8 nitrogen and oxygen atoms in total. The maximum atomic E-state index is 12.1. The molecule has 2 rings (SSSR count). The highest BCUT2D eigenvalue weighted by Crippen LogP contribution is 2.21. The van der Waals surface area contributed by atoms with Crippen LogP contribution in [0.15, 0.2) is 30.5 Å². The summed E-state index contributed by atoms with van der Waals surface area (Å²) in [7, 11) is 0. The molecule has 0 fully saturated rings. The average molecular weight is 319 g/mol. The van der Waals surface area contributed by atoms with E-state index in [9.17, 15) is 19.6 Å². The predicted molar refractivity (Wildman–Crippen MR) is 80.7 cm³/mol. The van der Waals surface area contributed by atoms with Gasteiger partial charge in [-0.2, -0.15) is 0 Å². The van der Waals surface area contributed by atoms with Crippen molar-refractivity contribution < 1.29 is 24.7 Å². The van der Waals surface area contributed by atoms with Crippen LogP contribution in [0.4, 0.5) is 0 Å². The zero-order chi connectivity index (χ0) is 16.8. The van der Waals surface area contributed by atoms with Crippen molar-refractivity contribution in [1.29, 1.82) is 0 Å². The first-order valence-electron chi connectivity index (χ1n) is 6.96. The van der Waals surface area contributed by atoms with Gasteiger partial charge in [0.2, 0.25) is 12.3 Å². The zero-order valence-corrected chi connectivity index (χ0v) is 12.2. The minimum absolute atomic E-state index is 0.201. The quantitative estimate of drug-likeness (QED) is 0.318. The Morgan fingerprint density at radius 1 is 1.35 bits per heavy atom. The number of hydrogen-bond donors (Lipinski definition) is 4. The number of para-hydroxylation sites is 1. The van der Waals surface area contributed by atoms with E-state index < -0.39 is 24.3 Å². The minimum atomic E-state index is -1.17. The number of fused-ring (bicyclic) bond motifs is 1. The van der Waals surface area contributed by atoms with Crippen LogP contribution in [0.1, 0.15) is 5.56 Å². The van der Waals surface area contributed by atoms with Crippen LogP contribution in [-0.4, -0.2) is 51.7 Å². The topological polar surface area (TPSA) is 123 Å². The Hall–Kier alpha value is -2.87. The van der Waals surface area contributed by atoms with Crippen LogP contribution in [0.25, 0.3) is 10.9 Å². The monoisotopic (exact) mass is 319 g/mol. The average Bonchev–Trinajstić information content (AvgIpc) is 2.95. The first-order chi connectivity index (χ1) is 11.0.